The van der Waals surface area contributed by atoms with E-state index in [1.165, 1.54) is 18.4 Å². The molecule has 2 fully saturated rings. The lowest BCUT2D eigenvalue weighted by Gasteiger charge is -2.35. The van der Waals surface area contributed by atoms with Crippen molar-refractivity contribution in [3.63, 3.8) is 0 Å². The van der Waals surface area contributed by atoms with Crippen LogP contribution in [0, 0.1) is 17.2 Å². The van der Waals surface area contributed by atoms with Gasteiger partial charge in [0.1, 0.15) is 0 Å². The molecule has 1 atom stereocenters. The van der Waals surface area contributed by atoms with Crippen LogP contribution in [0.2, 0.25) is 0 Å². The molecule has 0 radical (unpaired) electrons. The van der Waals surface area contributed by atoms with Crippen molar-refractivity contribution in [1.29, 1.82) is 5.26 Å². The summed E-state index contributed by atoms with van der Waals surface area (Å²) in [5.41, 5.74) is 2.12. The summed E-state index contributed by atoms with van der Waals surface area (Å²) < 4.78 is 0. The number of halogens is 2. The fourth-order valence-electron chi connectivity index (χ4n) is 2.95. The van der Waals surface area contributed by atoms with Gasteiger partial charge in [-0.25, -0.2) is 0 Å². The van der Waals surface area contributed by atoms with Gasteiger partial charge in [-0.1, -0.05) is 12.1 Å². The molecule has 0 bridgehead atoms. The Hall–Kier alpha value is -0.790. The zero-order valence-electron chi connectivity index (χ0n) is 11.4. The summed E-state index contributed by atoms with van der Waals surface area (Å²) in [6.07, 6.45) is 2.68. The van der Waals surface area contributed by atoms with Crippen molar-refractivity contribution < 1.29 is 0 Å². The summed E-state index contributed by atoms with van der Waals surface area (Å²) in [6.45, 7) is 4.41. The highest BCUT2D eigenvalue weighted by Gasteiger charge is 2.36. The molecule has 1 saturated carbocycles. The van der Waals surface area contributed by atoms with Gasteiger partial charge in [0, 0.05) is 32.2 Å². The van der Waals surface area contributed by atoms with Gasteiger partial charge >= 0.3 is 0 Å². The van der Waals surface area contributed by atoms with Crippen molar-refractivity contribution in [2.24, 2.45) is 5.92 Å². The SMILES string of the molecule is Cl.Cl.N#Cc1cccc([C@H](C2CC2)N2CCNCC2)c1. The van der Waals surface area contributed by atoms with Crippen molar-refractivity contribution in [1.82, 2.24) is 10.2 Å². The first-order valence-corrected chi connectivity index (χ1v) is 6.83. The first kappa shape index (κ1) is 17.3. The van der Waals surface area contributed by atoms with Gasteiger partial charge in [-0.15, -0.1) is 24.8 Å². The molecule has 1 heterocycles. The van der Waals surface area contributed by atoms with E-state index in [2.05, 4.69) is 28.4 Å². The van der Waals surface area contributed by atoms with E-state index in [4.69, 9.17) is 5.26 Å². The van der Waals surface area contributed by atoms with E-state index < -0.39 is 0 Å². The van der Waals surface area contributed by atoms with E-state index in [0.29, 0.717) is 6.04 Å². The van der Waals surface area contributed by atoms with Crippen LogP contribution in [-0.2, 0) is 0 Å². The second-order valence-electron chi connectivity index (χ2n) is 5.31. The lowest BCUT2D eigenvalue weighted by molar-refractivity contribution is 0.156. The fraction of sp³-hybridized carbons (Fsp3) is 0.533. The number of hydrogen-bond acceptors (Lipinski definition) is 3. The Morgan fingerprint density at radius 1 is 1.20 bits per heavy atom. The van der Waals surface area contributed by atoms with E-state index in [9.17, 15) is 0 Å². The third-order valence-corrected chi connectivity index (χ3v) is 3.97. The van der Waals surface area contributed by atoms with Crippen molar-refractivity contribution in [3.05, 3.63) is 35.4 Å². The predicted octanol–water partition coefficient (Wildman–Crippen LogP) is 2.76. The summed E-state index contributed by atoms with van der Waals surface area (Å²) in [5, 5.41) is 12.4. The normalized spacial score (nSPS) is 20.1. The van der Waals surface area contributed by atoms with Crippen LogP contribution >= 0.6 is 24.8 Å². The van der Waals surface area contributed by atoms with Crippen molar-refractivity contribution in [3.8, 4) is 6.07 Å². The van der Waals surface area contributed by atoms with Gasteiger partial charge in [-0.3, -0.25) is 4.90 Å². The van der Waals surface area contributed by atoms with Gasteiger partial charge in [0.15, 0.2) is 0 Å². The van der Waals surface area contributed by atoms with Gasteiger partial charge in [-0.2, -0.15) is 5.26 Å². The molecule has 1 aromatic rings. The highest BCUT2D eigenvalue weighted by Crippen LogP contribution is 2.44. The third-order valence-electron chi connectivity index (χ3n) is 3.97. The predicted molar refractivity (Wildman–Crippen MR) is 85.6 cm³/mol. The molecule has 0 amide bonds. The van der Waals surface area contributed by atoms with Crippen molar-refractivity contribution in [2.45, 2.75) is 18.9 Å². The molecule has 1 N–H and O–H groups in total. The highest BCUT2D eigenvalue weighted by molar-refractivity contribution is 5.85. The molecule has 20 heavy (non-hydrogen) atoms. The number of rotatable bonds is 3. The number of nitriles is 1. The standard InChI is InChI=1S/C15H19N3.2ClH/c16-11-12-2-1-3-14(10-12)15(13-4-5-13)18-8-6-17-7-9-18;;/h1-3,10,13,15,17H,4-9H2;2*1H/t15-;;/m0../s1. The van der Waals surface area contributed by atoms with Crippen LogP contribution in [0.3, 0.4) is 0 Å². The second-order valence-corrected chi connectivity index (χ2v) is 5.31. The molecule has 0 spiro atoms. The van der Waals surface area contributed by atoms with Crippen molar-refractivity contribution in [2.75, 3.05) is 26.2 Å². The highest BCUT2D eigenvalue weighted by atomic mass is 35.5. The molecule has 3 nitrogen and oxygen atoms in total. The summed E-state index contributed by atoms with van der Waals surface area (Å²) in [6, 6.07) is 11.0. The summed E-state index contributed by atoms with van der Waals surface area (Å²) >= 11 is 0. The average molecular weight is 314 g/mol. The molecule has 1 aromatic carbocycles. The zero-order valence-corrected chi connectivity index (χ0v) is 13.1. The van der Waals surface area contributed by atoms with Crippen LogP contribution < -0.4 is 5.32 Å². The Morgan fingerprint density at radius 3 is 2.50 bits per heavy atom. The Bertz CT molecular complexity index is 462. The maximum atomic E-state index is 9.03. The molecule has 1 aliphatic heterocycles. The Kier molecular flexibility index (Phi) is 6.78. The van der Waals surface area contributed by atoms with Crippen LogP contribution in [0.25, 0.3) is 0 Å². The molecule has 1 saturated heterocycles. The summed E-state index contributed by atoms with van der Waals surface area (Å²) in [4.78, 5) is 2.59. The molecule has 2 aliphatic rings. The maximum absolute atomic E-state index is 9.03. The van der Waals surface area contributed by atoms with Crippen LogP contribution in [-0.4, -0.2) is 31.1 Å². The van der Waals surface area contributed by atoms with Crippen molar-refractivity contribution >= 4 is 24.8 Å². The number of benzene rings is 1. The smallest absolute Gasteiger partial charge is 0.0991 e. The maximum Gasteiger partial charge on any atom is 0.0991 e. The molecule has 5 heteroatoms. The van der Waals surface area contributed by atoms with Crippen LogP contribution in [0.15, 0.2) is 24.3 Å². The lowest BCUT2D eigenvalue weighted by atomic mass is 9.98. The second kappa shape index (κ2) is 7.85. The van der Waals surface area contributed by atoms with Crippen LogP contribution in [0.4, 0.5) is 0 Å². The first-order valence-electron chi connectivity index (χ1n) is 6.83. The Balaban J connectivity index is 0.000001000. The molecule has 3 rings (SSSR count). The van der Waals surface area contributed by atoms with Gasteiger partial charge in [0.25, 0.3) is 0 Å². The minimum absolute atomic E-state index is 0. The number of hydrogen-bond donors (Lipinski definition) is 1. The van der Waals surface area contributed by atoms with Crippen LogP contribution in [0.1, 0.15) is 30.0 Å². The molecular formula is C15H21Cl2N3. The van der Waals surface area contributed by atoms with Gasteiger partial charge in [0.05, 0.1) is 11.6 Å². The first-order chi connectivity index (χ1) is 8.88. The minimum Gasteiger partial charge on any atom is -0.314 e. The molecular weight excluding hydrogens is 293 g/mol. The molecule has 0 unspecified atom stereocenters. The quantitative estimate of drug-likeness (QED) is 0.932. The third kappa shape index (κ3) is 3.86. The Labute approximate surface area is 133 Å². The van der Waals surface area contributed by atoms with Gasteiger partial charge in [-0.05, 0) is 36.5 Å². The summed E-state index contributed by atoms with van der Waals surface area (Å²) in [7, 11) is 0. The van der Waals surface area contributed by atoms with E-state index in [0.717, 1.165) is 37.7 Å². The average Bonchev–Trinajstić information content (AvgIpc) is 3.25. The number of nitrogens with one attached hydrogen (secondary N) is 1. The monoisotopic (exact) mass is 313 g/mol. The topological polar surface area (TPSA) is 39.1 Å². The van der Waals surface area contributed by atoms with E-state index >= 15 is 0 Å². The molecule has 1 aliphatic carbocycles. The Morgan fingerprint density at radius 2 is 1.90 bits per heavy atom. The van der Waals surface area contributed by atoms with E-state index in [1.54, 1.807) is 0 Å². The fourth-order valence-corrected chi connectivity index (χ4v) is 2.95. The minimum atomic E-state index is 0. The summed E-state index contributed by atoms with van der Waals surface area (Å²) in [5.74, 6) is 0.803. The van der Waals surface area contributed by atoms with Gasteiger partial charge in [0.2, 0.25) is 0 Å². The largest absolute Gasteiger partial charge is 0.314 e. The number of piperazine rings is 1. The molecule has 110 valence electrons. The lowest BCUT2D eigenvalue weighted by Crippen LogP contribution is -2.45. The van der Waals surface area contributed by atoms with Crippen LogP contribution in [0.5, 0.6) is 0 Å². The van der Waals surface area contributed by atoms with E-state index in [1.807, 2.05) is 12.1 Å². The zero-order chi connectivity index (χ0) is 12.4. The van der Waals surface area contributed by atoms with E-state index in [-0.39, 0.29) is 24.8 Å². The van der Waals surface area contributed by atoms with Gasteiger partial charge < -0.3 is 5.32 Å². The number of nitrogens with zero attached hydrogens (tertiary/aromatic N) is 2. The molecule has 0 aromatic heterocycles.